The molecule has 2 rings (SSSR count). The van der Waals surface area contributed by atoms with Crippen molar-refractivity contribution < 1.29 is 9.84 Å². The van der Waals surface area contributed by atoms with Crippen LogP contribution in [0.1, 0.15) is 51.5 Å². The van der Waals surface area contributed by atoms with Crippen molar-refractivity contribution in [3.63, 3.8) is 0 Å². The van der Waals surface area contributed by atoms with Gasteiger partial charge in [0.2, 0.25) is 0 Å². The van der Waals surface area contributed by atoms with Crippen molar-refractivity contribution >= 4 is 0 Å². The third kappa shape index (κ3) is 4.24. The van der Waals surface area contributed by atoms with Gasteiger partial charge in [-0.1, -0.05) is 37.8 Å². The van der Waals surface area contributed by atoms with E-state index in [1.54, 1.807) is 12.1 Å². The maximum Gasteiger partial charge on any atom is 0.115 e. The van der Waals surface area contributed by atoms with E-state index in [4.69, 9.17) is 4.74 Å². The molecule has 0 aromatic heterocycles. The fourth-order valence-electron chi connectivity index (χ4n) is 3.40. The minimum absolute atomic E-state index is 0.0687. The van der Waals surface area contributed by atoms with E-state index in [9.17, 15) is 5.11 Å². The van der Waals surface area contributed by atoms with Crippen LogP contribution in [0.3, 0.4) is 0 Å². The fourth-order valence-corrected chi connectivity index (χ4v) is 3.40. The molecule has 19 heavy (non-hydrogen) atoms. The van der Waals surface area contributed by atoms with Crippen molar-refractivity contribution in [1.29, 1.82) is 0 Å². The fraction of sp³-hybridized carbons (Fsp3) is 0.647. The van der Waals surface area contributed by atoms with Gasteiger partial charge in [-0.3, -0.25) is 0 Å². The minimum Gasteiger partial charge on any atom is -0.508 e. The van der Waals surface area contributed by atoms with E-state index < -0.39 is 0 Å². The lowest BCUT2D eigenvalue weighted by Gasteiger charge is -2.32. The molecule has 0 bridgehead atoms. The average molecular weight is 262 g/mol. The molecule has 0 radical (unpaired) electrons. The Hall–Kier alpha value is -1.02. The number of hydrogen-bond acceptors (Lipinski definition) is 2. The third-order valence-corrected chi connectivity index (χ3v) is 4.20. The maximum absolute atomic E-state index is 9.36. The predicted molar refractivity (Wildman–Crippen MR) is 78.4 cm³/mol. The number of rotatable bonds is 6. The lowest BCUT2D eigenvalue weighted by atomic mass is 9.85. The second kappa shape index (κ2) is 6.42. The standard InChI is InChI=1S/C17H26O2/c1-3-19-17(2,12-14-6-4-5-7-14)13-15-8-10-16(18)11-9-15/h8-11,14,18H,3-7,12-13H2,1-2H3. The molecule has 1 aliphatic carbocycles. The number of phenolic OH excluding ortho intramolecular Hbond substituents is 1. The van der Waals surface area contributed by atoms with Crippen LogP contribution in [-0.4, -0.2) is 17.3 Å². The Morgan fingerprint density at radius 2 is 1.84 bits per heavy atom. The Bertz CT molecular complexity index is 379. The Labute approximate surface area is 116 Å². The van der Waals surface area contributed by atoms with Crippen molar-refractivity contribution in [3.05, 3.63) is 29.8 Å². The van der Waals surface area contributed by atoms with E-state index in [1.807, 2.05) is 12.1 Å². The molecule has 1 aliphatic rings. The second-order valence-corrected chi connectivity index (χ2v) is 6.08. The summed E-state index contributed by atoms with van der Waals surface area (Å²) in [6.45, 7) is 5.08. The Kier molecular flexibility index (Phi) is 4.87. The van der Waals surface area contributed by atoms with Crippen LogP contribution < -0.4 is 0 Å². The molecule has 106 valence electrons. The highest BCUT2D eigenvalue weighted by Crippen LogP contribution is 2.35. The van der Waals surface area contributed by atoms with Gasteiger partial charge in [0.05, 0.1) is 5.60 Å². The summed E-state index contributed by atoms with van der Waals surface area (Å²) < 4.78 is 6.06. The monoisotopic (exact) mass is 262 g/mol. The van der Waals surface area contributed by atoms with Gasteiger partial charge < -0.3 is 9.84 Å². The zero-order chi connectivity index (χ0) is 13.7. The van der Waals surface area contributed by atoms with Crippen LogP contribution in [0.5, 0.6) is 5.75 Å². The normalized spacial score (nSPS) is 19.5. The summed E-state index contributed by atoms with van der Waals surface area (Å²) in [5.74, 6) is 1.16. The first-order valence-electron chi connectivity index (χ1n) is 7.53. The predicted octanol–water partition coefficient (Wildman–Crippen LogP) is 4.31. The molecule has 1 N–H and O–H groups in total. The molecule has 0 amide bonds. The quantitative estimate of drug-likeness (QED) is 0.827. The molecule has 1 saturated carbocycles. The molecule has 0 aliphatic heterocycles. The summed E-state index contributed by atoms with van der Waals surface area (Å²) in [5, 5.41) is 9.36. The van der Waals surface area contributed by atoms with E-state index in [0.29, 0.717) is 5.75 Å². The number of phenols is 1. The van der Waals surface area contributed by atoms with E-state index >= 15 is 0 Å². The van der Waals surface area contributed by atoms with Gasteiger partial charge in [-0.05, 0) is 43.9 Å². The molecular weight excluding hydrogens is 236 g/mol. The van der Waals surface area contributed by atoms with Crippen LogP contribution >= 0.6 is 0 Å². The van der Waals surface area contributed by atoms with Gasteiger partial charge in [0.1, 0.15) is 5.75 Å². The molecule has 1 atom stereocenters. The first-order chi connectivity index (χ1) is 9.11. The van der Waals surface area contributed by atoms with Crippen LogP contribution in [0, 0.1) is 5.92 Å². The number of aromatic hydroxyl groups is 1. The van der Waals surface area contributed by atoms with Gasteiger partial charge in [-0.25, -0.2) is 0 Å². The zero-order valence-corrected chi connectivity index (χ0v) is 12.2. The van der Waals surface area contributed by atoms with Gasteiger partial charge in [0, 0.05) is 13.0 Å². The second-order valence-electron chi connectivity index (χ2n) is 6.08. The lowest BCUT2D eigenvalue weighted by Crippen LogP contribution is -2.33. The number of benzene rings is 1. The van der Waals surface area contributed by atoms with Crippen molar-refractivity contribution in [2.75, 3.05) is 6.61 Å². The minimum atomic E-state index is -0.0687. The highest BCUT2D eigenvalue weighted by molar-refractivity contribution is 5.26. The summed E-state index contributed by atoms with van der Waals surface area (Å²) >= 11 is 0. The Morgan fingerprint density at radius 3 is 2.42 bits per heavy atom. The highest BCUT2D eigenvalue weighted by atomic mass is 16.5. The summed E-state index contributed by atoms with van der Waals surface area (Å²) in [7, 11) is 0. The largest absolute Gasteiger partial charge is 0.508 e. The molecule has 2 nitrogen and oxygen atoms in total. The van der Waals surface area contributed by atoms with Crippen LogP contribution in [-0.2, 0) is 11.2 Å². The molecule has 0 spiro atoms. The zero-order valence-electron chi connectivity index (χ0n) is 12.2. The molecule has 2 heteroatoms. The van der Waals surface area contributed by atoms with Crippen molar-refractivity contribution in [2.45, 2.75) is 58.0 Å². The lowest BCUT2D eigenvalue weighted by molar-refractivity contribution is -0.0410. The molecule has 1 unspecified atom stereocenters. The van der Waals surface area contributed by atoms with Crippen molar-refractivity contribution in [2.24, 2.45) is 5.92 Å². The van der Waals surface area contributed by atoms with Gasteiger partial charge in [-0.2, -0.15) is 0 Å². The summed E-state index contributed by atoms with van der Waals surface area (Å²) in [6, 6.07) is 7.52. The third-order valence-electron chi connectivity index (χ3n) is 4.20. The number of hydrogen-bond donors (Lipinski definition) is 1. The summed E-state index contributed by atoms with van der Waals surface area (Å²) in [5.41, 5.74) is 1.17. The van der Waals surface area contributed by atoms with Gasteiger partial charge >= 0.3 is 0 Å². The summed E-state index contributed by atoms with van der Waals surface area (Å²) in [4.78, 5) is 0. The van der Waals surface area contributed by atoms with E-state index in [2.05, 4.69) is 13.8 Å². The average Bonchev–Trinajstić information content (AvgIpc) is 2.85. The first-order valence-corrected chi connectivity index (χ1v) is 7.53. The molecule has 1 aromatic carbocycles. The maximum atomic E-state index is 9.36. The smallest absolute Gasteiger partial charge is 0.115 e. The molecule has 1 aromatic rings. The molecule has 0 saturated heterocycles. The Balaban J connectivity index is 2.02. The van der Waals surface area contributed by atoms with Crippen LogP contribution in [0.25, 0.3) is 0 Å². The van der Waals surface area contributed by atoms with Gasteiger partial charge in [0.15, 0.2) is 0 Å². The first kappa shape index (κ1) is 14.4. The van der Waals surface area contributed by atoms with Crippen LogP contribution in [0.15, 0.2) is 24.3 Å². The van der Waals surface area contributed by atoms with E-state index in [1.165, 1.54) is 31.2 Å². The highest BCUT2D eigenvalue weighted by Gasteiger charge is 2.30. The topological polar surface area (TPSA) is 29.5 Å². The molecular formula is C17H26O2. The SMILES string of the molecule is CCOC(C)(Cc1ccc(O)cc1)CC1CCCC1. The van der Waals surface area contributed by atoms with E-state index in [-0.39, 0.29) is 5.60 Å². The van der Waals surface area contributed by atoms with E-state index in [0.717, 1.165) is 25.4 Å². The Morgan fingerprint density at radius 1 is 1.21 bits per heavy atom. The molecule has 0 heterocycles. The molecule has 1 fully saturated rings. The van der Waals surface area contributed by atoms with Crippen molar-refractivity contribution in [1.82, 2.24) is 0 Å². The van der Waals surface area contributed by atoms with Gasteiger partial charge in [-0.15, -0.1) is 0 Å². The van der Waals surface area contributed by atoms with Crippen LogP contribution in [0.2, 0.25) is 0 Å². The number of ether oxygens (including phenoxy) is 1. The summed E-state index contributed by atoms with van der Waals surface area (Å²) in [6.07, 6.45) is 7.56. The van der Waals surface area contributed by atoms with Crippen molar-refractivity contribution in [3.8, 4) is 5.75 Å². The van der Waals surface area contributed by atoms with Gasteiger partial charge in [0.25, 0.3) is 0 Å². The van der Waals surface area contributed by atoms with Crippen LogP contribution in [0.4, 0.5) is 0 Å².